The number of hydrogen-bond donors (Lipinski definition) is 1. The largest absolute Gasteiger partial charge is 0.486 e. The zero-order valence-electron chi connectivity index (χ0n) is 11.5. The summed E-state index contributed by atoms with van der Waals surface area (Å²) in [6, 6.07) is 7.77. The molecule has 0 aliphatic carbocycles. The number of hydrogen-bond acceptors (Lipinski definition) is 4. The first-order chi connectivity index (χ1) is 9.74. The number of benzene rings is 1. The van der Waals surface area contributed by atoms with Gasteiger partial charge in [0.25, 0.3) is 0 Å². The van der Waals surface area contributed by atoms with Gasteiger partial charge in [-0.2, -0.15) is 5.26 Å². The van der Waals surface area contributed by atoms with Crippen molar-refractivity contribution in [2.75, 3.05) is 19.8 Å². The fraction of sp³-hybridized carbons (Fsp3) is 0.467. The number of carbonyl (C=O) groups is 1. The molecule has 1 aromatic rings. The second kappa shape index (κ2) is 6.80. The summed E-state index contributed by atoms with van der Waals surface area (Å²) >= 11 is 0. The van der Waals surface area contributed by atoms with Gasteiger partial charge in [0.05, 0.1) is 6.07 Å². The number of fused-ring (bicyclic) bond motifs is 1. The van der Waals surface area contributed by atoms with Crippen molar-refractivity contribution in [2.24, 2.45) is 5.92 Å². The van der Waals surface area contributed by atoms with Crippen LogP contribution in [0.25, 0.3) is 0 Å². The fourth-order valence-corrected chi connectivity index (χ4v) is 2.03. The van der Waals surface area contributed by atoms with Crippen LogP contribution in [0.1, 0.15) is 18.9 Å². The van der Waals surface area contributed by atoms with Crippen LogP contribution in [-0.4, -0.2) is 25.7 Å². The molecule has 0 bridgehead atoms. The Labute approximate surface area is 118 Å². The minimum absolute atomic E-state index is 0.201. The van der Waals surface area contributed by atoms with Crippen LogP contribution in [0.3, 0.4) is 0 Å². The Balaban J connectivity index is 1.86. The molecule has 1 aliphatic heterocycles. The average molecular weight is 274 g/mol. The molecule has 1 heterocycles. The maximum absolute atomic E-state index is 11.6. The quantitative estimate of drug-likeness (QED) is 0.886. The van der Waals surface area contributed by atoms with Crippen molar-refractivity contribution < 1.29 is 14.3 Å². The highest BCUT2D eigenvalue weighted by molar-refractivity contribution is 5.80. The summed E-state index contributed by atoms with van der Waals surface area (Å²) in [6.07, 6.45) is 1.23. The van der Waals surface area contributed by atoms with Crippen LogP contribution >= 0.6 is 0 Å². The lowest BCUT2D eigenvalue weighted by Crippen LogP contribution is -2.31. The van der Waals surface area contributed by atoms with Crippen molar-refractivity contribution in [3.05, 3.63) is 23.8 Å². The first-order valence-electron chi connectivity index (χ1n) is 6.80. The highest BCUT2D eigenvalue weighted by Gasteiger charge is 2.15. The molecule has 0 radical (unpaired) electrons. The van der Waals surface area contributed by atoms with E-state index in [4.69, 9.17) is 14.7 Å². The fourth-order valence-electron chi connectivity index (χ4n) is 2.03. The van der Waals surface area contributed by atoms with Gasteiger partial charge in [0.15, 0.2) is 11.5 Å². The van der Waals surface area contributed by atoms with E-state index in [1.54, 1.807) is 0 Å². The smallest absolute Gasteiger partial charge is 0.237 e. The molecule has 1 amide bonds. The van der Waals surface area contributed by atoms with Gasteiger partial charge in [-0.25, -0.2) is 0 Å². The van der Waals surface area contributed by atoms with E-state index in [1.807, 2.05) is 31.2 Å². The Morgan fingerprint density at radius 2 is 2.15 bits per heavy atom. The molecule has 0 spiro atoms. The SMILES string of the molecule is CCC(C#N)C(=O)NCCc1ccc2c(c1)OCCO2. The highest BCUT2D eigenvalue weighted by atomic mass is 16.6. The Kier molecular flexibility index (Phi) is 4.83. The summed E-state index contributed by atoms with van der Waals surface area (Å²) in [4.78, 5) is 11.6. The summed E-state index contributed by atoms with van der Waals surface area (Å²) in [5.41, 5.74) is 1.07. The summed E-state index contributed by atoms with van der Waals surface area (Å²) in [5.74, 6) is 0.755. The molecule has 106 valence electrons. The molecule has 0 saturated heterocycles. The highest BCUT2D eigenvalue weighted by Crippen LogP contribution is 2.30. The van der Waals surface area contributed by atoms with E-state index >= 15 is 0 Å². The number of nitriles is 1. The third-order valence-electron chi connectivity index (χ3n) is 3.20. The topological polar surface area (TPSA) is 71.4 Å². The summed E-state index contributed by atoms with van der Waals surface area (Å²) in [6.45, 7) is 3.48. The lowest BCUT2D eigenvalue weighted by molar-refractivity contribution is -0.123. The van der Waals surface area contributed by atoms with E-state index in [1.165, 1.54) is 0 Å². The zero-order chi connectivity index (χ0) is 14.4. The van der Waals surface area contributed by atoms with E-state index in [9.17, 15) is 4.79 Å². The van der Waals surface area contributed by atoms with Gasteiger partial charge in [0.2, 0.25) is 5.91 Å². The molecular formula is C15H18N2O3. The van der Waals surface area contributed by atoms with Crippen LogP contribution < -0.4 is 14.8 Å². The van der Waals surface area contributed by atoms with Gasteiger partial charge in [-0.1, -0.05) is 13.0 Å². The van der Waals surface area contributed by atoms with Gasteiger partial charge in [-0.3, -0.25) is 4.79 Å². The average Bonchev–Trinajstić information content (AvgIpc) is 2.48. The number of amides is 1. The van der Waals surface area contributed by atoms with Crippen molar-refractivity contribution in [3.63, 3.8) is 0 Å². The van der Waals surface area contributed by atoms with Crippen molar-refractivity contribution in [3.8, 4) is 17.6 Å². The van der Waals surface area contributed by atoms with Crippen LogP contribution in [-0.2, 0) is 11.2 Å². The molecule has 1 aromatic carbocycles. The number of carbonyl (C=O) groups excluding carboxylic acids is 1. The summed E-state index contributed by atoms with van der Waals surface area (Å²) < 4.78 is 11.0. The normalized spacial score (nSPS) is 14.2. The standard InChI is InChI=1S/C15H18N2O3/c1-2-12(10-16)15(18)17-6-5-11-3-4-13-14(9-11)20-8-7-19-13/h3-4,9,12H,2,5-8H2,1H3,(H,17,18). The van der Waals surface area contributed by atoms with Gasteiger partial charge in [-0.15, -0.1) is 0 Å². The Morgan fingerprint density at radius 1 is 1.40 bits per heavy atom. The second-order valence-electron chi connectivity index (χ2n) is 4.61. The van der Waals surface area contributed by atoms with Crippen molar-refractivity contribution in [1.29, 1.82) is 5.26 Å². The van der Waals surface area contributed by atoms with E-state index in [2.05, 4.69) is 5.32 Å². The number of ether oxygens (including phenoxy) is 2. The van der Waals surface area contributed by atoms with Gasteiger partial charge < -0.3 is 14.8 Å². The van der Waals surface area contributed by atoms with E-state index in [-0.39, 0.29) is 5.91 Å². The molecule has 1 N–H and O–H groups in total. The number of nitrogens with one attached hydrogen (secondary N) is 1. The van der Waals surface area contributed by atoms with E-state index in [0.29, 0.717) is 32.6 Å². The van der Waals surface area contributed by atoms with Crippen molar-refractivity contribution >= 4 is 5.91 Å². The van der Waals surface area contributed by atoms with E-state index in [0.717, 1.165) is 17.1 Å². The third-order valence-corrected chi connectivity index (χ3v) is 3.20. The molecule has 0 fully saturated rings. The first kappa shape index (κ1) is 14.2. The van der Waals surface area contributed by atoms with Crippen molar-refractivity contribution in [1.82, 2.24) is 5.32 Å². The van der Waals surface area contributed by atoms with Crippen LogP contribution in [0.15, 0.2) is 18.2 Å². The molecular weight excluding hydrogens is 256 g/mol. The zero-order valence-corrected chi connectivity index (χ0v) is 11.5. The maximum atomic E-state index is 11.6. The van der Waals surface area contributed by atoms with Crippen molar-refractivity contribution in [2.45, 2.75) is 19.8 Å². The van der Waals surface area contributed by atoms with Crippen LogP contribution in [0.2, 0.25) is 0 Å². The second-order valence-corrected chi connectivity index (χ2v) is 4.61. The van der Waals surface area contributed by atoms with Gasteiger partial charge >= 0.3 is 0 Å². The molecule has 1 aliphatic rings. The molecule has 20 heavy (non-hydrogen) atoms. The lowest BCUT2D eigenvalue weighted by atomic mass is 10.1. The third kappa shape index (κ3) is 3.41. The van der Waals surface area contributed by atoms with Gasteiger partial charge in [0.1, 0.15) is 19.1 Å². The Morgan fingerprint density at radius 3 is 2.85 bits per heavy atom. The minimum Gasteiger partial charge on any atom is -0.486 e. The summed E-state index contributed by atoms with van der Waals surface area (Å²) in [7, 11) is 0. The Bertz CT molecular complexity index is 522. The van der Waals surface area contributed by atoms with E-state index < -0.39 is 5.92 Å². The maximum Gasteiger partial charge on any atom is 0.237 e. The number of nitrogens with zero attached hydrogens (tertiary/aromatic N) is 1. The monoisotopic (exact) mass is 274 g/mol. The lowest BCUT2D eigenvalue weighted by Gasteiger charge is -2.19. The predicted molar refractivity (Wildman–Crippen MR) is 73.5 cm³/mol. The molecule has 1 unspecified atom stereocenters. The molecule has 5 nitrogen and oxygen atoms in total. The minimum atomic E-state index is -0.560. The predicted octanol–water partition coefficient (Wildman–Crippen LogP) is 1.67. The van der Waals surface area contributed by atoms with Crippen LogP contribution in [0.5, 0.6) is 11.5 Å². The first-order valence-corrected chi connectivity index (χ1v) is 6.80. The van der Waals surface area contributed by atoms with Gasteiger partial charge in [-0.05, 0) is 30.5 Å². The molecule has 0 saturated carbocycles. The Hall–Kier alpha value is -2.22. The molecule has 2 rings (SSSR count). The summed E-state index contributed by atoms with van der Waals surface area (Å²) in [5, 5.41) is 11.6. The molecule has 1 atom stereocenters. The van der Waals surface area contributed by atoms with Crippen LogP contribution in [0.4, 0.5) is 0 Å². The van der Waals surface area contributed by atoms with Gasteiger partial charge in [0, 0.05) is 6.54 Å². The molecule has 5 heteroatoms. The van der Waals surface area contributed by atoms with Crippen LogP contribution in [0, 0.1) is 17.2 Å². The number of rotatable bonds is 5. The molecule has 0 aromatic heterocycles.